The average molecular weight is 326 g/mol. The molecule has 2 aromatic carbocycles. The Labute approximate surface area is 141 Å². The van der Waals surface area contributed by atoms with Gasteiger partial charge >= 0.3 is 0 Å². The molecule has 0 aliphatic carbocycles. The second kappa shape index (κ2) is 6.67. The molecule has 0 fully saturated rings. The minimum absolute atomic E-state index is 0.836. The second-order valence-electron chi connectivity index (χ2n) is 5.71. The molecule has 0 radical (unpaired) electrons. The van der Waals surface area contributed by atoms with Crippen LogP contribution in [0.15, 0.2) is 35.5 Å². The van der Waals surface area contributed by atoms with Gasteiger partial charge < -0.3 is 9.72 Å². The molecule has 0 bridgehead atoms. The number of hydrogen-bond donors (Lipinski definition) is 1. The topological polar surface area (TPSA) is 37.9 Å². The minimum Gasteiger partial charge on any atom is -0.497 e. The fraction of sp³-hybridized carbons (Fsp3) is 0.316. The van der Waals surface area contributed by atoms with Crippen LogP contribution in [0.4, 0.5) is 0 Å². The quantitative estimate of drug-likeness (QED) is 0.667. The van der Waals surface area contributed by atoms with Crippen molar-refractivity contribution in [1.29, 1.82) is 0 Å². The van der Waals surface area contributed by atoms with Gasteiger partial charge in [0, 0.05) is 11.8 Å². The molecule has 0 amide bonds. The number of nitrogens with one attached hydrogen (secondary N) is 1. The lowest BCUT2D eigenvalue weighted by Gasteiger charge is -2.12. The van der Waals surface area contributed by atoms with E-state index in [1.165, 1.54) is 22.3 Å². The molecule has 0 spiro atoms. The summed E-state index contributed by atoms with van der Waals surface area (Å²) in [5.41, 5.74) is 7.61. The SMILES string of the molecule is CCc1ccc(C)c(CSc2nc3cc(OC)ccc3[nH]2)c1C. The van der Waals surface area contributed by atoms with Gasteiger partial charge in [0.25, 0.3) is 0 Å². The van der Waals surface area contributed by atoms with Crippen LogP contribution in [-0.4, -0.2) is 17.1 Å². The van der Waals surface area contributed by atoms with E-state index in [1.807, 2.05) is 18.2 Å². The molecule has 23 heavy (non-hydrogen) atoms. The predicted octanol–water partition coefficient (Wildman–Crippen LogP) is 5.04. The van der Waals surface area contributed by atoms with E-state index < -0.39 is 0 Å². The highest BCUT2D eigenvalue weighted by Crippen LogP contribution is 2.28. The van der Waals surface area contributed by atoms with E-state index in [1.54, 1.807) is 18.9 Å². The summed E-state index contributed by atoms with van der Waals surface area (Å²) in [6.07, 6.45) is 1.08. The number of nitrogens with zero attached hydrogens (tertiary/aromatic N) is 1. The van der Waals surface area contributed by atoms with E-state index in [2.05, 4.69) is 42.9 Å². The summed E-state index contributed by atoms with van der Waals surface area (Å²) in [7, 11) is 1.68. The molecule has 3 nitrogen and oxygen atoms in total. The standard InChI is InChI=1S/C19H22N2OS/c1-5-14-7-6-12(2)16(13(14)3)11-23-19-20-17-9-8-15(22-4)10-18(17)21-19/h6-10H,5,11H2,1-4H3,(H,20,21). The first-order valence-corrected chi connectivity index (χ1v) is 8.85. The number of hydrogen-bond acceptors (Lipinski definition) is 3. The molecule has 0 aliphatic rings. The number of thioether (sulfide) groups is 1. The first-order chi connectivity index (χ1) is 11.1. The van der Waals surface area contributed by atoms with Crippen LogP contribution in [0.3, 0.4) is 0 Å². The van der Waals surface area contributed by atoms with Crippen LogP contribution >= 0.6 is 11.8 Å². The Morgan fingerprint density at radius 1 is 1.17 bits per heavy atom. The lowest BCUT2D eigenvalue weighted by atomic mass is 9.97. The predicted molar refractivity (Wildman–Crippen MR) is 97.5 cm³/mol. The van der Waals surface area contributed by atoms with Crippen LogP contribution in [0.25, 0.3) is 11.0 Å². The summed E-state index contributed by atoms with van der Waals surface area (Å²) in [5, 5.41) is 0.953. The summed E-state index contributed by atoms with van der Waals surface area (Å²) in [5.74, 6) is 1.77. The largest absolute Gasteiger partial charge is 0.497 e. The maximum absolute atomic E-state index is 5.26. The van der Waals surface area contributed by atoms with Gasteiger partial charge in [0.05, 0.1) is 18.1 Å². The Balaban J connectivity index is 1.83. The van der Waals surface area contributed by atoms with Crippen molar-refractivity contribution in [2.24, 2.45) is 0 Å². The lowest BCUT2D eigenvalue weighted by Crippen LogP contribution is -1.97. The highest BCUT2D eigenvalue weighted by molar-refractivity contribution is 7.98. The highest BCUT2D eigenvalue weighted by Gasteiger charge is 2.10. The Morgan fingerprint density at radius 3 is 2.74 bits per heavy atom. The van der Waals surface area contributed by atoms with E-state index in [9.17, 15) is 0 Å². The molecule has 0 atom stereocenters. The van der Waals surface area contributed by atoms with E-state index >= 15 is 0 Å². The zero-order chi connectivity index (χ0) is 16.4. The minimum atomic E-state index is 0.836. The number of rotatable bonds is 5. The van der Waals surface area contributed by atoms with Gasteiger partial charge in [0.2, 0.25) is 0 Å². The van der Waals surface area contributed by atoms with Crippen molar-refractivity contribution in [1.82, 2.24) is 9.97 Å². The van der Waals surface area contributed by atoms with E-state index in [0.29, 0.717) is 0 Å². The Morgan fingerprint density at radius 2 is 2.00 bits per heavy atom. The number of aromatic nitrogens is 2. The smallest absolute Gasteiger partial charge is 0.166 e. The van der Waals surface area contributed by atoms with Crippen molar-refractivity contribution in [3.63, 3.8) is 0 Å². The third-order valence-corrected chi connectivity index (χ3v) is 5.25. The molecule has 0 saturated carbocycles. The van der Waals surface area contributed by atoms with Gasteiger partial charge in [-0.25, -0.2) is 4.98 Å². The molecule has 4 heteroatoms. The number of ether oxygens (including phenoxy) is 1. The number of methoxy groups -OCH3 is 1. The fourth-order valence-electron chi connectivity index (χ4n) is 2.84. The fourth-order valence-corrected chi connectivity index (χ4v) is 3.91. The van der Waals surface area contributed by atoms with Crippen LogP contribution in [0.5, 0.6) is 5.75 Å². The first kappa shape index (κ1) is 15.9. The summed E-state index contributed by atoms with van der Waals surface area (Å²) < 4.78 is 5.26. The number of aromatic amines is 1. The van der Waals surface area contributed by atoms with Gasteiger partial charge in [-0.1, -0.05) is 30.8 Å². The number of H-pyrrole nitrogens is 1. The molecule has 0 aliphatic heterocycles. The lowest BCUT2D eigenvalue weighted by molar-refractivity contribution is 0.415. The molecule has 1 aromatic heterocycles. The van der Waals surface area contributed by atoms with Crippen molar-refractivity contribution in [2.75, 3.05) is 7.11 Å². The molecular weight excluding hydrogens is 304 g/mol. The van der Waals surface area contributed by atoms with Crippen LogP contribution in [0.2, 0.25) is 0 Å². The monoisotopic (exact) mass is 326 g/mol. The van der Waals surface area contributed by atoms with Crippen LogP contribution in [-0.2, 0) is 12.2 Å². The zero-order valence-electron chi connectivity index (χ0n) is 14.1. The molecule has 3 rings (SSSR count). The number of benzene rings is 2. The number of imidazole rings is 1. The maximum Gasteiger partial charge on any atom is 0.166 e. The first-order valence-electron chi connectivity index (χ1n) is 7.87. The van der Waals surface area contributed by atoms with Gasteiger partial charge in [-0.15, -0.1) is 0 Å². The molecule has 1 heterocycles. The summed E-state index contributed by atoms with van der Waals surface area (Å²) in [4.78, 5) is 8.05. The van der Waals surface area contributed by atoms with E-state index in [4.69, 9.17) is 4.74 Å². The normalized spacial score (nSPS) is 11.1. The molecule has 0 saturated heterocycles. The van der Waals surface area contributed by atoms with Gasteiger partial charge in [0.15, 0.2) is 5.16 Å². The van der Waals surface area contributed by atoms with E-state index in [-0.39, 0.29) is 0 Å². The second-order valence-corrected chi connectivity index (χ2v) is 6.68. The molecule has 3 aromatic rings. The average Bonchev–Trinajstić information content (AvgIpc) is 2.96. The van der Waals surface area contributed by atoms with Crippen molar-refractivity contribution in [2.45, 2.75) is 38.1 Å². The molecule has 1 N–H and O–H groups in total. The van der Waals surface area contributed by atoms with Crippen molar-refractivity contribution >= 4 is 22.8 Å². The van der Waals surface area contributed by atoms with Crippen LogP contribution in [0, 0.1) is 13.8 Å². The van der Waals surface area contributed by atoms with Gasteiger partial charge in [-0.05, 0) is 54.7 Å². The van der Waals surface area contributed by atoms with Crippen molar-refractivity contribution in [3.05, 3.63) is 52.6 Å². The summed E-state index contributed by atoms with van der Waals surface area (Å²) in [6.45, 7) is 6.62. The van der Waals surface area contributed by atoms with Gasteiger partial charge in [-0.2, -0.15) is 0 Å². The van der Waals surface area contributed by atoms with Crippen LogP contribution in [0.1, 0.15) is 29.2 Å². The maximum atomic E-state index is 5.26. The van der Waals surface area contributed by atoms with E-state index in [0.717, 1.165) is 34.1 Å². The highest BCUT2D eigenvalue weighted by atomic mass is 32.2. The van der Waals surface area contributed by atoms with Gasteiger partial charge in [-0.3, -0.25) is 0 Å². The van der Waals surface area contributed by atoms with Gasteiger partial charge in [0.1, 0.15) is 5.75 Å². The van der Waals surface area contributed by atoms with Crippen molar-refractivity contribution in [3.8, 4) is 5.75 Å². The van der Waals surface area contributed by atoms with Crippen LogP contribution < -0.4 is 4.74 Å². The Hall–Kier alpha value is -1.94. The zero-order valence-corrected chi connectivity index (χ0v) is 14.9. The third-order valence-electron chi connectivity index (χ3n) is 4.35. The Kier molecular flexibility index (Phi) is 4.62. The molecular formula is C19H22N2OS. The third kappa shape index (κ3) is 3.22. The number of fused-ring (bicyclic) bond motifs is 1. The summed E-state index contributed by atoms with van der Waals surface area (Å²) >= 11 is 1.75. The molecule has 120 valence electrons. The van der Waals surface area contributed by atoms with Crippen molar-refractivity contribution < 1.29 is 4.74 Å². The number of aryl methyl sites for hydroxylation is 2. The molecule has 0 unspecified atom stereocenters. The Bertz CT molecular complexity index is 839. The summed E-state index contributed by atoms with van der Waals surface area (Å²) in [6, 6.07) is 10.4.